The van der Waals surface area contributed by atoms with Crippen LogP contribution in [0.3, 0.4) is 0 Å². The van der Waals surface area contributed by atoms with Gasteiger partial charge in [-0.05, 0) is 23.3 Å². The summed E-state index contributed by atoms with van der Waals surface area (Å²) in [6.07, 6.45) is 1.90. The summed E-state index contributed by atoms with van der Waals surface area (Å²) in [5.41, 5.74) is 2.36. The van der Waals surface area contributed by atoms with Crippen molar-refractivity contribution >= 4 is 22.1 Å². The molecule has 2 aromatic rings. The van der Waals surface area contributed by atoms with Gasteiger partial charge in [0.15, 0.2) is 0 Å². The van der Waals surface area contributed by atoms with Crippen molar-refractivity contribution in [3.8, 4) is 0 Å². The molecular weight excluding hydrogens is 262 g/mol. The Hall–Kier alpha value is -1.41. The molecule has 0 heterocycles. The van der Waals surface area contributed by atoms with Gasteiger partial charge in [-0.3, -0.25) is 4.99 Å². The largest absolute Gasteiger partial charge is 0.288 e. The number of benzene rings is 2. The van der Waals surface area contributed by atoms with Crippen molar-refractivity contribution in [1.82, 2.24) is 0 Å². The van der Waals surface area contributed by atoms with E-state index in [1.165, 1.54) is 5.56 Å². The Labute approximate surface area is 104 Å². The molecule has 2 rings (SSSR count). The first kappa shape index (κ1) is 11.1. The van der Waals surface area contributed by atoms with E-state index in [0.717, 1.165) is 16.6 Å². The number of halogens is 1. The van der Waals surface area contributed by atoms with Crippen LogP contribution < -0.4 is 0 Å². The highest BCUT2D eigenvalue weighted by molar-refractivity contribution is 9.10. The lowest BCUT2D eigenvalue weighted by atomic mass is 10.2. The van der Waals surface area contributed by atoms with Gasteiger partial charge in [0.25, 0.3) is 0 Å². The van der Waals surface area contributed by atoms with E-state index in [1.807, 2.05) is 48.7 Å². The molecule has 2 heteroatoms. The molecule has 2 aromatic carbocycles. The third kappa shape index (κ3) is 3.31. The summed E-state index contributed by atoms with van der Waals surface area (Å²) >= 11 is 3.41. The highest BCUT2D eigenvalue weighted by Gasteiger charge is 1.89. The molecule has 0 amide bonds. The standard InChI is InChI=1S/C14H12BrN/c15-14-8-6-13(7-9-14)11-16-10-12-4-2-1-3-5-12/h1-9,11H,10H2. The van der Waals surface area contributed by atoms with Gasteiger partial charge in [0, 0.05) is 10.7 Å². The first-order valence-corrected chi connectivity index (χ1v) is 5.93. The van der Waals surface area contributed by atoms with E-state index in [-0.39, 0.29) is 0 Å². The van der Waals surface area contributed by atoms with Crippen molar-refractivity contribution in [2.75, 3.05) is 0 Å². The molecule has 0 saturated carbocycles. The average molecular weight is 274 g/mol. The third-order valence-electron chi connectivity index (χ3n) is 2.23. The Morgan fingerprint density at radius 3 is 2.31 bits per heavy atom. The summed E-state index contributed by atoms with van der Waals surface area (Å²) in [5.74, 6) is 0. The molecule has 0 spiro atoms. The quantitative estimate of drug-likeness (QED) is 0.748. The minimum Gasteiger partial charge on any atom is -0.288 e. The summed E-state index contributed by atoms with van der Waals surface area (Å²) in [6.45, 7) is 0.733. The first-order valence-electron chi connectivity index (χ1n) is 5.14. The SMILES string of the molecule is Brc1ccc(C=NCc2ccccc2)cc1. The zero-order valence-corrected chi connectivity index (χ0v) is 10.4. The van der Waals surface area contributed by atoms with Crippen molar-refractivity contribution in [3.63, 3.8) is 0 Å². The molecular formula is C14H12BrN. The zero-order chi connectivity index (χ0) is 11.2. The van der Waals surface area contributed by atoms with Gasteiger partial charge < -0.3 is 0 Å². The number of hydrogen-bond acceptors (Lipinski definition) is 1. The van der Waals surface area contributed by atoms with E-state index in [0.29, 0.717) is 0 Å². The molecule has 0 aliphatic rings. The summed E-state index contributed by atoms with van der Waals surface area (Å²) in [6, 6.07) is 18.4. The maximum atomic E-state index is 4.40. The molecule has 0 unspecified atom stereocenters. The van der Waals surface area contributed by atoms with Crippen molar-refractivity contribution in [2.24, 2.45) is 4.99 Å². The molecule has 0 fully saturated rings. The molecule has 0 N–H and O–H groups in total. The Kier molecular flexibility index (Phi) is 3.89. The van der Waals surface area contributed by atoms with Crippen LogP contribution in [0.4, 0.5) is 0 Å². The average Bonchev–Trinajstić information content (AvgIpc) is 2.33. The third-order valence-corrected chi connectivity index (χ3v) is 2.76. The molecule has 0 aliphatic carbocycles. The maximum absolute atomic E-state index is 4.40. The van der Waals surface area contributed by atoms with Gasteiger partial charge in [-0.2, -0.15) is 0 Å². The van der Waals surface area contributed by atoms with E-state index < -0.39 is 0 Å². The lowest BCUT2D eigenvalue weighted by Crippen LogP contribution is -1.83. The number of rotatable bonds is 3. The summed E-state index contributed by atoms with van der Waals surface area (Å²) in [4.78, 5) is 4.40. The minimum atomic E-state index is 0.733. The van der Waals surface area contributed by atoms with Crippen LogP contribution in [0.5, 0.6) is 0 Å². The fraction of sp³-hybridized carbons (Fsp3) is 0.0714. The summed E-state index contributed by atoms with van der Waals surface area (Å²) in [7, 11) is 0. The Bertz CT molecular complexity index is 460. The van der Waals surface area contributed by atoms with Gasteiger partial charge in [0.2, 0.25) is 0 Å². The Morgan fingerprint density at radius 2 is 1.62 bits per heavy atom. The lowest BCUT2D eigenvalue weighted by Gasteiger charge is -1.95. The highest BCUT2D eigenvalue weighted by Crippen LogP contribution is 2.09. The number of nitrogens with zero attached hydrogens (tertiary/aromatic N) is 1. The molecule has 0 aliphatic heterocycles. The van der Waals surface area contributed by atoms with Gasteiger partial charge >= 0.3 is 0 Å². The summed E-state index contributed by atoms with van der Waals surface area (Å²) in [5, 5.41) is 0. The minimum absolute atomic E-state index is 0.733. The van der Waals surface area contributed by atoms with Crippen molar-refractivity contribution in [3.05, 3.63) is 70.2 Å². The van der Waals surface area contributed by atoms with E-state index in [9.17, 15) is 0 Å². The predicted octanol–water partition coefficient (Wildman–Crippen LogP) is 4.07. The number of hydrogen-bond donors (Lipinski definition) is 0. The summed E-state index contributed by atoms with van der Waals surface area (Å²) < 4.78 is 1.09. The van der Waals surface area contributed by atoms with Crippen molar-refractivity contribution in [1.29, 1.82) is 0 Å². The molecule has 0 saturated heterocycles. The first-order chi connectivity index (χ1) is 7.84. The smallest absolute Gasteiger partial charge is 0.0639 e. The zero-order valence-electron chi connectivity index (χ0n) is 8.81. The Balaban J connectivity index is 1.98. The van der Waals surface area contributed by atoms with Crippen LogP contribution in [0.2, 0.25) is 0 Å². The molecule has 0 aromatic heterocycles. The maximum Gasteiger partial charge on any atom is 0.0639 e. The van der Waals surface area contributed by atoms with Crippen LogP contribution in [0, 0.1) is 0 Å². The topological polar surface area (TPSA) is 12.4 Å². The van der Waals surface area contributed by atoms with Gasteiger partial charge in [0.1, 0.15) is 0 Å². The molecule has 1 nitrogen and oxygen atoms in total. The second kappa shape index (κ2) is 5.61. The van der Waals surface area contributed by atoms with Crippen LogP contribution in [-0.2, 0) is 6.54 Å². The van der Waals surface area contributed by atoms with E-state index in [1.54, 1.807) is 0 Å². The fourth-order valence-electron chi connectivity index (χ4n) is 1.39. The van der Waals surface area contributed by atoms with Gasteiger partial charge in [-0.25, -0.2) is 0 Å². The normalized spacial score (nSPS) is 10.8. The van der Waals surface area contributed by atoms with Gasteiger partial charge in [0.05, 0.1) is 6.54 Å². The van der Waals surface area contributed by atoms with E-state index >= 15 is 0 Å². The van der Waals surface area contributed by atoms with Gasteiger partial charge in [-0.1, -0.05) is 58.4 Å². The van der Waals surface area contributed by atoms with Crippen molar-refractivity contribution < 1.29 is 0 Å². The molecule has 0 bridgehead atoms. The van der Waals surface area contributed by atoms with Crippen LogP contribution in [0.25, 0.3) is 0 Å². The lowest BCUT2D eigenvalue weighted by molar-refractivity contribution is 1.08. The second-order valence-corrected chi connectivity index (χ2v) is 4.42. The number of aliphatic imine (C=N–C) groups is 1. The fourth-order valence-corrected chi connectivity index (χ4v) is 1.65. The van der Waals surface area contributed by atoms with Crippen LogP contribution in [0.15, 0.2) is 64.1 Å². The van der Waals surface area contributed by atoms with Crippen LogP contribution in [-0.4, -0.2) is 6.21 Å². The highest BCUT2D eigenvalue weighted by atomic mass is 79.9. The van der Waals surface area contributed by atoms with E-state index in [2.05, 4.69) is 33.1 Å². The second-order valence-electron chi connectivity index (χ2n) is 3.51. The van der Waals surface area contributed by atoms with Crippen LogP contribution in [0.1, 0.15) is 11.1 Å². The Morgan fingerprint density at radius 1 is 0.938 bits per heavy atom. The van der Waals surface area contributed by atoms with E-state index in [4.69, 9.17) is 0 Å². The van der Waals surface area contributed by atoms with Crippen LogP contribution >= 0.6 is 15.9 Å². The molecule has 0 atom stereocenters. The molecule has 80 valence electrons. The molecule has 0 radical (unpaired) electrons. The van der Waals surface area contributed by atoms with Crippen molar-refractivity contribution in [2.45, 2.75) is 6.54 Å². The molecule has 16 heavy (non-hydrogen) atoms. The monoisotopic (exact) mass is 273 g/mol. The van der Waals surface area contributed by atoms with Gasteiger partial charge in [-0.15, -0.1) is 0 Å². The predicted molar refractivity (Wildman–Crippen MR) is 71.9 cm³/mol.